The molecule has 0 nitrogen and oxygen atoms in total. The molecule has 0 aromatic rings. The summed E-state index contributed by atoms with van der Waals surface area (Å²) in [6, 6.07) is 0. The van der Waals surface area contributed by atoms with Crippen LogP contribution < -0.4 is 0 Å². The van der Waals surface area contributed by atoms with Gasteiger partial charge in [-0.25, -0.2) is 0 Å². The van der Waals surface area contributed by atoms with Gasteiger partial charge < -0.3 is 0 Å². The van der Waals surface area contributed by atoms with Crippen molar-refractivity contribution in [3.63, 3.8) is 0 Å². The molecule has 5 fully saturated rings. The lowest BCUT2D eigenvalue weighted by Gasteiger charge is -2.62. The largest absolute Gasteiger partial charge is 0.0954 e. The van der Waals surface area contributed by atoms with Crippen LogP contribution in [0.3, 0.4) is 0 Å². The molecule has 5 aliphatic rings. The summed E-state index contributed by atoms with van der Waals surface area (Å²) < 4.78 is 0. The van der Waals surface area contributed by atoms with E-state index in [0.717, 1.165) is 40.7 Å². The van der Waals surface area contributed by atoms with E-state index in [2.05, 4.69) is 69.2 Å². The molecule has 4 unspecified atom stereocenters. The van der Waals surface area contributed by atoms with E-state index in [1.807, 2.05) is 0 Å². The molecule has 0 heterocycles. The minimum absolute atomic E-state index is 0.0276. The molecule has 5 rings (SSSR count). The number of rotatable bonds is 5. The Balaban J connectivity index is 1.58. The van der Waals surface area contributed by atoms with Crippen LogP contribution in [0.25, 0.3) is 0 Å². The lowest BCUT2D eigenvalue weighted by molar-refractivity contribution is 0.0345. The summed E-state index contributed by atoms with van der Waals surface area (Å²) in [4.78, 5) is 0. The van der Waals surface area contributed by atoms with Gasteiger partial charge in [0, 0.05) is 0 Å². The van der Waals surface area contributed by atoms with E-state index in [-0.39, 0.29) is 15.8 Å². The molecule has 0 N–H and O–H groups in total. The standard InChI is InChI=1S/C30H56P2/c1-21-11-12-25(19-31(27(2,3)4)28(5,6)7)26(21)20-32(29(8,9)10)30-16-22-13-23(17-30)15-24(14-22)18-30/h21-26H,11-20H2,1-10H3. The molecule has 32 heavy (non-hydrogen) atoms. The highest BCUT2D eigenvalue weighted by atomic mass is 31.1. The molecule has 4 bridgehead atoms. The molecular weight excluding hydrogens is 422 g/mol. The molecule has 0 amide bonds. The summed E-state index contributed by atoms with van der Waals surface area (Å²) in [5, 5.41) is 2.22. The predicted octanol–water partition coefficient (Wildman–Crippen LogP) is 9.98. The van der Waals surface area contributed by atoms with Crippen LogP contribution in [0.5, 0.6) is 0 Å². The van der Waals surface area contributed by atoms with Gasteiger partial charge in [0.1, 0.15) is 0 Å². The van der Waals surface area contributed by atoms with E-state index in [0.29, 0.717) is 15.5 Å². The van der Waals surface area contributed by atoms with Crippen molar-refractivity contribution in [3.05, 3.63) is 0 Å². The van der Waals surface area contributed by atoms with Crippen molar-refractivity contribution in [3.8, 4) is 0 Å². The van der Waals surface area contributed by atoms with E-state index >= 15 is 0 Å². The van der Waals surface area contributed by atoms with Gasteiger partial charge in [-0.3, -0.25) is 0 Å². The van der Waals surface area contributed by atoms with Gasteiger partial charge in [0.2, 0.25) is 0 Å². The number of hydrogen-bond donors (Lipinski definition) is 0. The van der Waals surface area contributed by atoms with Crippen LogP contribution in [0.1, 0.15) is 121 Å². The Morgan fingerprint density at radius 2 is 1.12 bits per heavy atom. The molecule has 0 aromatic carbocycles. The van der Waals surface area contributed by atoms with Crippen LogP contribution in [-0.4, -0.2) is 32.9 Å². The second-order valence-electron chi connectivity index (χ2n) is 15.9. The molecule has 5 saturated carbocycles. The summed E-state index contributed by atoms with van der Waals surface area (Å²) in [7, 11) is 0.114. The van der Waals surface area contributed by atoms with Crippen LogP contribution in [-0.2, 0) is 0 Å². The lowest BCUT2D eigenvalue weighted by Crippen LogP contribution is -2.52. The van der Waals surface area contributed by atoms with Gasteiger partial charge in [0.15, 0.2) is 0 Å². The summed E-state index contributed by atoms with van der Waals surface area (Å²) in [5.74, 6) is 6.25. The molecule has 2 heteroatoms. The smallest absolute Gasteiger partial charge is 0.00817 e. The van der Waals surface area contributed by atoms with Crippen molar-refractivity contribution in [2.75, 3.05) is 12.3 Å². The van der Waals surface area contributed by atoms with Gasteiger partial charge in [-0.05, 0) is 113 Å². The molecule has 0 spiro atoms. The van der Waals surface area contributed by atoms with Crippen LogP contribution in [0.2, 0.25) is 0 Å². The Hall–Kier alpha value is 0.860. The SMILES string of the molecule is CC1CCC(CP(C(C)(C)C)C(C)(C)C)C1CP(C(C)(C)C)C12CC3CC(CC(C3)C1)C2. The Labute approximate surface area is 204 Å². The summed E-state index contributed by atoms with van der Waals surface area (Å²) >= 11 is 0. The average Bonchev–Trinajstić information content (AvgIpc) is 2.92. The Kier molecular flexibility index (Phi) is 7.10. The molecule has 186 valence electrons. The first-order valence-corrected chi connectivity index (χ1v) is 17.2. The summed E-state index contributed by atoms with van der Waals surface area (Å²) in [5.41, 5.74) is 0. The van der Waals surface area contributed by atoms with Crippen molar-refractivity contribution in [2.24, 2.45) is 35.5 Å². The highest BCUT2D eigenvalue weighted by Gasteiger charge is 2.57. The minimum Gasteiger partial charge on any atom is -0.0954 e. The minimum atomic E-state index is 0.0276. The third-order valence-electron chi connectivity index (χ3n) is 10.1. The van der Waals surface area contributed by atoms with E-state index in [9.17, 15) is 0 Å². The fourth-order valence-electron chi connectivity index (χ4n) is 9.50. The molecule has 0 saturated heterocycles. The zero-order valence-corrected chi connectivity index (χ0v) is 25.2. The zero-order valence-electron chi connectivity index (χ0n) is 23.4. The Bertz CT molecular complexity index is 609. The van der Waals surface area contributed by atoms with Crippen molar-refractivity contribution >= 4 is 15.8 Å². The molecule has 0 aromatic heterocycles. The Morgan fingerprint density at radius 3 is 1.53 bits per heavy atom. The van der Waals surface area contributed by atoms with Crippen LogP contribution in [0.15, 0.2) is 0 Å². The molecule has 4 atom stereocenters. The summed E-state index contributed by atoms with van der Waals surface area (Å²) in [6.45, 7) is 25.8. The maximum atomic E-state index is 2.64. The zero-order chi connectivity index (χ0) is 23.7. The van der Waals surface area contributed by atoms with Crippen LogP contribution >= 0.6 is 15.8 Å². The third-order valence-corrected chi connectivity index (χ3v) is 18.3. The molecular formula is C30H56P2. The topological polar surface area (TPSA) is 0 Å². The van der Waals surface area contributed by atoms with Gasteiger partial charge in [-0.2, -0.15) is 0 Å². The normalized spacial score (nSPS) is 41.0. The predicted molar refractivity (Wildman–Crippen MR) is 149 cm³/mol. The van der Waals surface area contributed by atoms with Crippen molar-refractivity contribution in [1.82, 2.24) is 0 Å². The van der Waals surface area contributed by atoms with E-state index in [1.165, 1.54) is 19.0 Å². The average molecular weight is 479 g/mol. The van der Waals surface area contributed by atoms with Crippen molar-refractivity contribution in [1.29, 1.82) is 0 Å². The van der Waals surface area contributed by atoms with Gasteiger partial charge in [-0.15, -0.1) is 0 Å². The first-order valence-electron chi connectivity index (χ1n) is 14.1. The van der Waals surface area contributed by atoms with Gasteiger partial charge >= 0.3 is 0 Å². The monoisotopic (exact) mass is 478 g/mol. The maximum absolute atomic E-state index is 2.64. The van der Waals surface area contributed by atoms with E-state index in [4.69, 9.17) is 0 Å². The van der Waals surface area contributed by atoms with Gasteiger partial charge in [0.25, 0.3) is 0 Å². The lowest BCUT2D eigenvalue weighted by atomic mass is 9.56. The van der Waals surface area contributed by atoms with Crippen LogP contribution in [0, 0.1) is 35.5 Å². The van der Waals surface area contributed by atoms with Gasteiger partial charge in [-0.1, -0.05) is 91.5 Å². The second kappa shape index (κ2) is 8.76. The molecule has 5 aliphatic carbocycles. The van der Waals surface area contributed by atoms with E-state index in [1.54, 1.807) is 44.7 Å². The second-order valence-corrected chi connectivity index (χ2v) is 23.3. The van der Waals surface area contributed by atoms with Gasteiger partial charge in [0.05, 0.1) is 0 Å². The quantitative estimate of drug-likeness (QED) is 0.345. The van der Waals surface area contributed by atoms with Crippen molar-refractivity contribution < 1.29 is 0 Å². The molecule has 0 radical (unpaired) electrons. The highest BCUT2D eigenvalue weighted by molar-refractivity contribution is 7.61. The highest BCUT2D eigenvalue weighted by Crippen LogP contribution is 2.74. The van der Waals surface area contributed by atoms with E-state index < -0.39 is 0 Å². The first-order chi connectivity index (χ1) is 14.6. The number of hydrogen-bond acceptors (Lipinski definition) is 0. The molecule has 0 aliphatic heterocycles. The van der Waals surface area contributed by atoms with Crippen LogP contribution in [0.4, 0.5) is 0 Å². The Morgan fingerprint density at radius 1 is 0.656 bits per heavy atom. The maximum Gasteiger partial charge on any atom is -0.00817 e. The fourth-order valence-corrected chi connectivity index (χ4v) is 18.4. The first kappa shape index (κ1) is 25.9. The van der Waals surface area contributed by atoms with Crippen molar-refractivity contribution in [2.45, 2.75) is 141 Å². The summed E-state index contributed by atoms with van der Waals surface area (Å²) in [6.07, 6.45) is 15.8. The third kappa shape index (κ3) is 5.18. The fraction of sp³-hybridized carbons (Fsp3) is 1.00.